The number of aromatic amines is 1. The first-order valence-electron chi connectivity index (χ1n) is 22.5. The number of aromatic nitrogens is 5. The fraction of sp³-hybridized carbons (Fsp3) is 0.0164. The van der Waals surface area contributed by atoms with Crippen molar-refractivity contribution in [3.05, 3.63) is 230 Å². The minimum absolute atomic E-state index is 0.867. The molecule has 0 spiro atoms. The Balaban J connectivity index is 1.08. The van der Waals surface area contributed by atoms with Crippen molar-refractivity contribution in [1.82, 2.24) is 24.1 Å². The number of imidazole rings is 1. The lowest BCUT2D eigenvalue weighted by Crippen LogP contribution is -1.98. The molecule has 0 unspecified atom stereocenters. The van der Waals surface area contributed by atoms with Gasteiger partial charge in [0.2, 0.25) is 0 Å². The Hall–Kier alpha value is -8.80. The molecule has 66 heavy (non-hydrogen) atoms. The van der Waals surface area contributed by atoms with Gasteiger partial charge in [0.15, 0.2) is 0 Å². The van der Waals surface area contributed by atoms with Gasteiger partial charge in [-0.05, 0) is 113 Å². The predicted molar refractivity (Wildman–Crippen MR) is 274 cm³/mol. The van der Waals surface area contributed by atoms with Gasteiger partial charge in [0.25, 0.3) is 0 Å². The zero-order valence-corrected chi connectivity index (χ0v) is 36.2. The maximum Gasteiger partial charge on any atom is 0.147 e. The van der Waals surface area contributed by atoms with Gasteiger partial charge in [0, 0.05) is 50.1 Å². The van der Waals surface area contributed by atoms with Crippen LogP contribution in [-0.2, 0) is 0 Å². The summed E-state index contributed by atoms with van der Waals surface area (Å²) in [5, 5.41) is 4.74. The van der Waals surface area contributed by atoms with Crippen LogP contribution in [0.15, 0.2) is 225 Å². The largest absolute Gasteiger partial charge is 0.354 e. The third kappa shape index (κ3) is 6.09. The summed E-state index contributed by atoms with van der Waals surface area (Å²) in [6.45, 7) is 2.16. The number of hydrogen-bond acceptors (Lipinski definition) is 2. The first-order valence-corrected chi connectivity index (χ1v) is 22.5. The third-order valence-corrected chi connectivity index (χ3v) is 13.2. The van der Waals surface area contributed by atoms with E-state index in [2.05, 4.69) is 239 Å². The summed E-state index contributed by atoms with van der Waals surface area (Å²) < 4.78 is 4.66. The molecule has 0 aliphatic rings. The predicted octanol–water partition coefficient (Wildman–Crippen LogP) is 15.8. The molecule has 0 atom stereocenters. The molecule has 0 amide bonds. The van der Waals surface area contributed by atoms with Crippen molar-refractivity contribution < 1.29 is 0 Å². The summed E-state index contributed by atoms with van der Waals surface area (Å²) >= 11 is 0. The number of pyridine rings is 1. The van der Waals surface area contributed by atoms with Gasteiger partial charge in [-0.1, -0.05) is 157 Å². The van der Waals surface area contributed by atoms with E-state index in [4.69, 9.17) is 9.97 Å². The van der Waals surface area contributed by atoms with Gasteiger partial charge in [-0.3, -0.25) is 9.13 Å². The van der Waals surface area contributed by atoms with Crippen molar-refractivity contribution in [3.63, 3.8) is 0 Å². The number of aryl methyl sites for hydroxylation is 1. The van der Waals surface area contributed by atoms with E-state index in [0.717, 1.165) is 94.8 Å². The van der Waals surface area contributed by atoms with Crippen LogP contribution in [-0.4, -0.2) is 24.1 Å². The summed E-state index contributed by atoms with van der Waals surface area (Å²) in [6.07, 6.45) is 1.92. The van der Waals surface area contributed by atoms with Crippen molar-refractivity contribution in [1.29, 1.82) is 0 Å². The minimum atomic E-state index is 0.867. The lowest BCUT2D eigenvalue weighted by molar-refractivity contribution is 1.08. The molecule has 4 heterocycles. The number of hydrogen-bond donors (Lipinski definition) is 1. The number of nitrogens with one attached hydrogen (secondary N) is 1. The van der Waals surface area contributed by atoms with E-state index in [9.17, 15) is 0 Å². The number of H-pyrrole nitrogens is 1. The Kier molecular flexibility index (Phi) is 8.68. The standard InChI is InChI=1S/C61H41N5/c1-39-28-31-54-50(34-39)49-30-29-44(37-56(49)66(54)57-38-43(32-33-62-57)40-16-6-2-7-17-40)48-25-15-27-55-60(48)64-61(65(55)46-22-12-5-13-23-46)52-36-45(41-18-8-3-9-19-41)35-51-58-47(42-20-10-4-11-21-42)24-14-26-53(58)63-59(51)52/h2-38,63H,1H3. The van der Waals surface area contributed by atoms with E-state index in [1.807, 2.05) is 6.20 Å². The minimum Gasteiger partial charge on any atom is -0.354 e. The molecule has 9 aromatic carbocycles. The molecule has 0 bridgehead atoms. The Bertz CT molecular complexity index is 3970. The Morgan fingerprint density at radius 2 is 1.11 bits per heavy atom. The van der Waals surface area contributed by atoms with E-state index in [1.54, 1.807) is 0 Å². The molecular weight excluding hydrogens is 803 g/mol. The Labute approximate surface area is 381 Å². The van der Waals surface area contributed by atoms with Crippen LogP contribution in [0.3, 0.4) is 0 Å². The Morgan fingerprint density at radius 1 is 0.409 bits per heavy atom. The van der Waals surface area contributed by atoms with E-state index in [-0.39, 0.29) is 0 Å². The Morgan fingerprint density at radius 3 is 1.88 bits per heavy atom. The van der Waals surface area contributed by atoms with Crippen LogP contribution in [0.5, 0.6) is 0 Å². The molecule has 4 aromatic heterocycles. The van der Waals surface area contributed by atoms with Crippen LogP contribution < -0.4 is 0 Å². The normalized spacial score (nSPS) is 11.7. The molecular formula is C61H41N5. The van der Waals surface area contributed by atoms with Crippen molar-refractivity contribution in [2.75, 3.05) is 0 Å². The molecule has 13 rings (SSSR count). The van der Waals surface area contributed by atoms with Gasteiger partial charge < -0.3 is 4.98 Å². The average molecular weight is 844 g/mol. The van der Waals surface area contributed by atoms with Crippen LogP contribution in [0, 0.1) is 6.92 Å². The molecule has 5 nitrogen and oxygen atoms in total. The van der Waals surface area contributed by atoms with Crippen LogP contribution >= 0.6 is 0 Å². The fourth-order valence-electron chi connectivity index (χ4n) is 10.1. The lowest BCUT2D eigenvalue weighted by Gasteiger charge is -2.13. The highest BCUT2D eigenvalue weighted by Crippen LogP contribution is 2.44. The number of rotatable bonds is 7. The second kappa shape index (κ2) is 15.2. The number of nitrogens with zero attached hydrogens (tertiary/aromatic N) is 4. The molecule has 0 radical (unpaired) electrons. The molecule has 1 N–H and O–H groups in total. The van der Waals surface area contributed by atoms with E-state index in [0.29, 0.717) is 0 Å². The van der Waals surface area contributed by atoms with Crippen molar-refractivity contribution in [3.8, 4) is 67.4 Å². The zero-order valence-electron chi connectivity index (χ0n) is 36.2. The van der Waals surface area contributed by atoms with Gasteiger partial charge in [0.1, 0.15) is 11.6 Å². The van der Waals surface area contributed by atoms with E-state index < -0.39 is 0 Å². The van der Waals surface area contributed by atoms with Gasteiger partial charge in [-0.15, -0.1) is 0 Å². The van der Waals surface area contributed by atoms with Gasteiger partial charge >= 0.3 is 0 Å². The summed E-state index contributed by atoms with van der Waals surface area (Å²) in [4.78, 5) is 14.7. The highest BCUT2D eigenvalue weighted by Gasteiger charge is 2.24. The number of benzene rings is 9. The summed E-state index contributed by atoms with van der Waals surface area (Å²) in [5.41, 5.74) is 18.7. The molecule has 0 fully saturated rings. The first kappa shape index (κ1) is 37.7. The molecule has 0 saturated heterocycles. The van der Waals surface area contributed by atoms with Crippen LogP contribution in [0.25, 0.3) is 122 Å². The van der Waals surface area contributed by atoms with Crippen molar-refractivity contribution in [2.24, 2.45) is 0 Å². The zero-order chi connectivity index (χ0) is 43.7. The summed E-state index contributed by atoms with van der Waals surface area (Å²) in [6, 6.07) is 78.3. The molecule has 310 valence electrons. The summed E-state index contributed by atoms with van der Waals surface area (Å²) in [7, 11) is 0. The lowest BCUT2D eigenvalue weighted by atomic mass is 9.95. The number of para-hydroxylation sites is 2. The SMILES string of the molecule is Cc1ccc2c(c1)c1ccc(-c3cccc4c3nc(-c3cc(-c5ccccc5)cc5c3[nH]c3cccc(-c6ccccc6)c35)n4-c3ccccc3)cc1n2-c1cc(-c2ccccc2)ccn1. The monoisotopic (exact) mass is 843 g/mol. The smallest absolute Gasteiger partial charge is 0.147 e. The molecule has 0 aliphatic heterocycles. The maximum absolute atomic E-state index is 5.76. The van der Waals surface area contributed by atoms with Crippen LogP contribution in [0.1, 0.15) is 5.56 Å². The van der Waals surface area contributed by atoms with Crippen molar-refractivity contribution in [2.45, 2.75) is 6.92 Å². The quantitative estimate of drug-likeness (QED) is 0.174. The number of fused-ring (bicyclic) bond motifs is 7. The second-order valence-corrected chi connectivity index (χ2v) is 17.2. The molecule has 5 heteroatoms. The molecule has 0 aliphatic carbocycles. The van der Waals surface area contributed by atoms with Gasteiger partial charge in [0.05, 0.1) is 27.6 Å². The van der Waals surface area contributed by atoms with E-state index in [1.165, 1.54) is 32.8 Å². The van der Waals surface area contributed by atoms with Gasteiger partial charge in [-0.2, -0.15) is 0 Å². The summed E-state index contributed by atoms with van der Waals surface area (Å²) in [5.74, 6) is 1.74. The van der Waals surface area contributed by atoms with Crippen LogP contribution in [0.4, 0.5) is 0 Å². The average Bonchev–Trinajstić information content (AvgIpc) is 4.07. The van der Waals surface area contributed by atoms with Crippen molar-refractivity contribution >= 4 is 54.6 Å². The molecule has 13 aromatic rings. The van der Waals surface area contributed by atoms with Crippen LogP contribution in [0.2, 0.25) is 0 Å². The third-order valence-electron chi connectivity index (χ3n) is 13.2. The van der Waals surface area contributed by atoms with E-state index >= 15 is 0 Å². The fourth-order valence-corrected chi connectivity index (χ4v) is 10.1. The first-order chi connectivity index (χ1) is 32.6. The molecule has 0 saturated carbocycles. The highest BCUT2D eigenvalue weighted by molar-refractivity contribution is 6.19. The second-order valence-electron chi connectivity index (χ2n) is 17.2. The maximum atomic E-state index is 5.76. The highest BCUT2D eigenvalue weighted by atomic mass is 15.1. The van der Waals surface area contributed by atoms with Gasteiger partial charge in [-0.25, -0.2) is 9.97 Å². The topological polar surface area (TPSA) is 51.4 Å².